The van der Waals surface area contributed by atoms with Crippen LogP contribution in [0, 0.1) is 0 Å². The third-order valence-corrected chi connectivity index (χ3v) is 4.77. The molecule has 1 N–H and O–H groups in total. The van der Waals surface area contributed by atoms with E-state index in [-0.39, 0.29) is 0 Å². The quantitative estimate of drug-likeness (QED) is 0.795. The van der Waals surface area contributed by atoms with Crippen molar-refractivity contribution < 1.29 is 0 Å². The van der Waals surface area contributed by atoms with E-state index >= 15 is 0 Å². The van der Waals surface area contributed by atoms with E-state index in [2.05, 4.69) is 28.9 Å². The fourth-order valence-corrected chi connectivity index (χ4v) is 3.92. The van der Waals surface area contributed by atoms with Gasteiger partial charge in [0.2, 0.25) is 0 Å². The van der Waals surface area contributed by atoms with Crippen LogP contribution in [0.4, 0.5) is 0 Å². The molecule has 2 unspecified atom stereocenters. The maximum atomic E-state index is 3.64. The summed E-state index contributed by atoms with van der Waals surface area (Å²) in [5, 5.41) is 3.64. The van der Waals surface area contributed by atoms with Gasteiger partial charge in [-0.25, -0.2) is 0 Å². The topological polar surface area (TPSA) is 15.3 Å². The highest BCUT2D eigenvalue weighted by Crippen LogP contribution is 2.22. The highest BCUT2D eigenvalue weighted by Gasteiger charge is 2.26. The number of nitrogens with zero attached hydrogens (tertiary/aromatic N) is 1. The van der Waals surface area contributed by atoms with Gasteiger partial charge in [0.25, 0.3) is 0 Å². The Hall–Kier alpha value is 0.270. The van der Waals surface area contributed by atoms with E-state index < -0.39 is 0 Å². The van der Waals surface area contributed by atoms with Gasteiger partial charge in [-0.2, -0.15) is 11.8 Å². The molecule has 0 saturated carbocycles. The molecule has 0 radical (unpaired) electrons. The van der Waals surface area contributed by atoms with Crippen LogP contribution in [0.25, 0.3) is 0 Å². The van der Waals surface area contributed by atoms with Crippen LogP contribution in [0.5, 0.6) is 0 Å². The van der Waals surface area contributed by atoms with E-state index in [0.717, 1.165) is 12.1 Å². The molecule has 88 valence electrons. The van der Waals surface area contributed by atoms with E-state index in [1.54, 1.807) is 0 Å². The fourth-order valence-electron chi connectivity index (χ4n) is 2.74. The van der Waals surface area contributed by atoms with Gasteiger partial charge in [-0.15, -0.1) is 0 Å². The average molecular weight is 228 g/mol. The minimum atomic E-state index is 0.760. The zero-order valence-corrected chi connectivity index (χ0v) is 10.7. The third kappa shape index (κ3) is 3.36. The minimum absolute atomic E-state index is 0.760. The normalized spacial score (nSPS) is 34.2. The Kier molecular flexibility index (Phi) is 4.79. The molecule has 15 heavy (non-hydrogen) atoms. The number of thioether (sulfide) groups is 1. The SMILES string of the molecule is CCCC1CN(C2CCCSC2)CCN1. The predicted molar refractivity (Wildman–Crippen MR) is 68.6 cm³/mol. The van der Waals surface area contributed by atoms with Crippen molar-refractivity contribution in [2.75, 3.05) is 31.1 Å². The van der Waals surface area contributed by atoms with Crippen molar-refractivity contribution in [2.24, 2.45) is 0 Å². The molecule has 2 saturated heterocycles. The number of hydrogen-bond donors (Lipinski definition) is 1. The molecular formula is C12H24N2S. The van der Waals surface area contributed by atoms with Crippen molar-refractivity contribution in [1.29, 1.82) is 0 Å². The molecule has 2 atom stereocenters. The first-order chi connectivity index (χ1) is 7.40. The van der Waals surface area contributed by atoms with E-state index in [4.69, 9.17) is 0 Å². The zero-order valence-electron chi connectivity index (χ0n) is 9.87. The van der Waals surface area contributed by atoms with Crippen molar-refractivity contribution >= 4 is 11.8 Å². The Balaban J connectivity index is 1.80. The molecule has 2 nitrogen and oxygen atoms in total. The molecule has 2 aliphatic heterocycles. The summed E-state index contributed by atoms with van der Waals surface area (Å²) in [5.74, 6) is 2.76. The molecule has 2 fully saturated rings. The van der Waals surface area contributed by atoms with Crippen LogP contribution in [0.2, 0.25) is 0 Å². The van der Waals surface area contributed by atoms with Crippen molar-refractivity contribution in [2.45, 2.75) is 44.7 Å². The van der Waals surface area contributed by atoms with Gasteiger partial charge in [0.1, 0.15) is 0 Å². The van der Waals surface area contributed by atoms with Gasteiger partial charge >= 0.3 is 0 Å². The Morgan fingerprint density at radius 2 is 2.40 bits per heavy atom. The largest absolute Gasteiger partial charge is 0.311 e. The first-order valence-corrected chi connectivity index (χ1v) is 7.61. The lowest BCUT2D eigenvalue weighted by atomic mass is 10.1. The van der Waals surface area contributed by atoms with Crippen molar-refractivity contribution in [3.63, 3.8) is 0 Å². The average Bonchev–Trinajstić information content (AvgIpc) is 2.31. The first kappa shape index (κ1) is 11.7. The van der Waals surface area contributed by atoms with Gasteiger partial charge < -0.3 is 5.32 Å². The van der Waals surface area contributed by atoms with E-state index in [9.17, 15) is 0 Å². The highest BCUT2D eigenvalue weighted by atomic mass is 32.2. The van der Waals surface area contributed by atoms with Gasteiger partial charge in [-0.3, -0.25) is 4.90 Å². The smallest absolute Gasteiger partial charge is 0.0195 e. The molecule has 0 aromatic heterocycles. The van der Waals surface area contributed by atoms with Gasteiger partial charge in [0.05, 0.1) is 0 Å². The maximum absolute atomic E-state index is 3.64. The Morgan fingerprint density at radius 1 is 1.47 bits per heavy atom. The number of nitrogens with one attached hydrogen (secondary N) is 1. The third-order valence-electron chi connectivity index (χ3n) is 3.58. The Morgan fingerprint density at radius 3 is 3.13 bits per heavy atom. The molecule has 0 amide bonds. The van der Waals surface area contributed by atoms with Gasteiger partial charge in [-0.05, 0) is 25.0 Å². The summed E-state index contributed by atoms with van der Waals surface area (Å²) in [7, 11) is 0. The first-order valence-electron chi connectivity index (χ1n) is 6.45. The minimum Gasteiger partial charge on any atom is -0.311 e. The van der Waals surface area contributed by atoms with Gasteiger partial charge in [-0.1, -0.05) is 13.3 Å². The van der Waals surface area contributed by atoms with E-state index in [1.165, 1.54) is 56.8 Å². The van der Waals surface area contributed by atoms with Crippen LogP contribution < -0.4 is 5.32 Å². The predicted octanol–water partition coefficient (Wildman–Crippen LogP) is 1.96. The summed E-state index contributed by atoms with van der Waals surface area (Å²) in [4.78, 5) is 2.74. The molecular weight excluding hydrogens is 204 g/mol. The summed E-state index contributed by atoms with van der Waals surface area (Å²) >= 11 is 2.15. The molecule has 2 aliphatic rings. The van der Waals surface area contributed by atoms with Crippen LogP contribution >= 0.6 is 11.8 Å². The van der Waals surface area contributed by atoms with Gasteiger partial charge in [0.15, 0.2) is 0 Å². The van der Waals surface area contributed by atoms with E-state index in [1.807, 2.05) is 0 Å². The molecule has 0 aromatic carbocycles. The summed E-state index contributed by atoms with van der Waals surface area (Å²) < 4.78 is 0. The van der Waals surface area contributed by atoms with E-state index in [0.29, 0.717) is 0 Å². The summed E-state index contributed by atoms with van der Waals surface area (Å²) in [5.41, 5.74) is 0. The Labute approximate surface area is 98.2 Å². The second kappa shape index (κ2) is 6.12. The summed E-state index contributed by atoms with van der Waals surface area (Å²) in [6.07, 6.45) is 5.52. The van der Waals surface area contributed by atoms with Crippen LogP contribution in [-0.4, -0.2) is 48.1 Å². The standard InChI is InChI=1S/C12H24N2S/c1-2-4-11-9-14(7-6-13-11)12-5-3-8-15-10-12/h11-13H,2-10H2,1H3. The molecule has 0 spiro atoms. The lowest BCUT2D eigenvalue weighted by Gasteiger charge is -2.40. The van der Waals surface area contributed by atoms with Crippen LogP contribution in [-0.2, 0) is 0 Å². The fraction of sp³-hybridized carbons (Fsp3) is 1.00. The Bertz CT molecular complexity index is 178. The van der Waals surface area contributed by atoms with Gasteiger partial charge in [0, 0.05) is 37.5 Å². The molecule has 3 heteroatoms. The van der Waals surface area contributed by atoms with Crippen molar-refractivity contribution in [3.8, 4) is 0 Å². The second-order valence-electron chi connectivity index (χ2n) is 4.81. The van der Waals surface area contributed by atoms with Crippen LogP contribution in [0.3, 0.4) is 0 Å². The second-order valence-corrected chi connectivity index (χ2v) is 5.96. The summed E-state index contributed by atoms with van der Waals surface area (Å²) in [6, 6.07) is 1.64. The molecule has 0 aliphatic carbocycles. The number of hydrogen-bond acceptors (Lipinski definition) is 3. The lowest BCUT2D eigenvalue weighted by molar-refractivity contribution is 0.143. The lowest BCUT2D eigenvalue weighted by Crippen LogP contribution is -2.54. The molecule has 2 heterocycles. The van der Waals surface area contributed by atoms with Crippen LogP contribution in [0.15, 0.2) is 0 Å². The maximum Gasteiger partial charge on any atom is 0.0195 e. The molecule has 0 bridgehead atoms. The van der Waals surface area contributed by atoms with Crippen LogP contribution in [0.1, 0.15) is 32.6 Å². The summed E-state index contributed by atoms with van der Waals surface area (Å²) in [6.45, 7) is 6.05. The van der Waals surface area contributed by atoms with Crippen molar-refractivity contribution in [3.05, 3.63) is 0 Å². The number of piperazine rings is 1. The highest BCUT2D eigenvalue weighted by molar-refractivity contribution is 7.99. The number of rotatable bonds is 3. The zero-order chi connectivity index (χ0) is 10.5. The molecule has 0 aromatic rings. The molecule has 2 rings (SSSR count). The monoisotopic (exact) mass is 228 g/mol. The van der Waals surface area contributed by atoms with Crippen molar-refractivity contribution in [1.82, 2.24) is 10.2 Å².